The first-order chi connectivity index (χ1) is 14.2. The lowest BCUT2D eigenvalue weighted by Crippen LogP contribution is -2.33. The first-order valence-electron chi connectivity index (χ1n) is 10.6. The van der Waals surface area contributed by atoms with Gasteiger partial charge in [-0.15, -0.1) is 0 Å². The van der Waals surface area contributed by atoms with Gasteiger partial charge in [0, 0.05) is 29.4 Å². The first kappa shape index (κ1) is 18.4. The van der Waals surface area contributed by atoms with Crippen LogP contribution in [0, 0.1) is 6.92 Å². The molecule has 0 N–H and O–H groups in total. The summed E-state index contributed by atoms with van der Waals surface area (Å²) in [7, 11) is 2.17. The third-order valence-electron chi connectivity index (χ3n) is 6.44. The smallest absolute Gasteiger partial charge is 0.316 e. The van der Waals surface area contributed by atoms with E-state index in [9.17, 15) is 0 Å². The lowest BCUT2D eigenvalue weighted by Gasteiger charge is -2.31. The van der Waals surface area contributed by atoms with Crippen molar-refractivity contribution in [3.8, 4) is 6.01 Å². The number of benzene rings is 2. The zero-order chi connectivity index (χ0) is 19.8. The minimum atomic E-state index is 0.474. The molecule has 2 aliphatic rings. The summed E-state index contributed by atoms with van der Waals surface area (Å²) >= 11 is 0. The molecule has 1 saturated heterocycles. The minimum absolute atomic E-state index is 0.474. The van der Waals surface area contributed by atoms with Gasteiger partial charge in [0.25, 0.3) is 0 Å². The summed E-state index contributed by atoms with van der Waals surface area (Å²) < 4.78 is 6.04. The van der Waals surface area contributed by atoms with Crippen molar-refractivity contribution in [1.82, 2.24) is 14.9 Å². The SMILES string of the molecule is Cc1nc(OCC2CCCN2C)nc2c1CCN(c1cccc3ccccc13)C2. The van der Waals surface area contributed by atoms with Crippen LogP contribution >= 0.6 is 0 Å². The van der Waals surface area contributed by atoms with E-state index >= 15 is 0 Å². The van der Waals surface area contributed by atoms with Gasteiger partial charge in [-0.3, -0.25) is 0 Å². The number of anilines is 1. The summed E-state index contributed by atoms with van der Waals surface area (Å²) in [6.45, 7) is 5.69. The molecule has 5 nitrogen and oxygen atoms in total. The Morgan fingerprint density at radius 1 is 1.07 bits per heavy atom. The zero-order valence-corrected chi connectivity index (χ0v) is 17.3. The zero-order valence-electron chi connectivity index (χ0n) is 17.3. The highest BCUT2D eigenvalue weighted by Crippen LogP contribution is 2.31. The molecule has 3 heterocycles. The van der Waals surface area contributed by atoms with Crippen molar-refractivity contribution in [2.45, 2.75) is 38.8 Å². The summed E-state index contributed by atoms with van der Waals surface area (Å²) in [5.41, 5.74) is 4.72. The van der Waals surface area contributed by atoms with Gasteiger partial charge in [-0.05, 0) is 56.8 Å². The molecule has 0 aliphatic carbocycles. The van der Waals surface area contributed by atoms with Crippen molar-refractivity contribution in [3.63, 3.8) is 0 Å². The Kier molecular flexibility index (Phi) is 4.84. The molecule has 0 radical (unpaired) electrons. The molecule has 0 spiro atoms. The number of likely N-dealkylation sites (tertiary alicyclic amines) is 1. The number of likely N-dealkylation sites (N-methyl/N-ethyl adjacent to an activating group) is 1. The maximum Gasteiger partial charge on any atom is 0.316 e. The van der Waals surface area contributed by atoms with Crippen LogP contribution in [0.1, 0.15) is 29.8 Å². The van der Waals surface area contributed by atoms with Crippen LogP contribution in [0.3, 0.4) is 0 Å². The van der Waals surface area contributed by atoms with E-state index < -0.39 is 0 Å². The maximum atomic E-state index is 6.04. The molecule has 0 saturated carbocycles. The van der Waals surface area contributed by atoms with E-state index in [1.54, 1.807) is 0 Å². The van der Waals surface area contributed by atoms with Gasteiger partial charge < -0.3 is 14.5 Å². The van der Waals surface area contributed by atoms with Crippen LogP contribution in [-0.2, 0) is 13.0 Å². The van der Waals surface area contributed by atoms with Gasteiger partial charge in [0.15, 0.2) is 0 Å². The van der Waals surface area contributed by atoms with Crippen molar-refractivity contribution >= 4 is 16.5 Å². The lowest BCUT2D eigenvalue weighted by atomic mass is 10.0. The highest BCUT2D eigenvalue weighted by atomic mass is 16.5. The van der Waals surface area contributed by atoms with E-state index in [0.717, 1.165) is 37.4 Å². The highest BCUT2D eigenvalue weighted by molar-refractivity contribution is 5.94. The second-order valence-electron chi connectivity index (χ2n) is 8.27. The number of aryl methyl sites for hydroxylation is 1. The maximum absolute atomic E-state index is 6.04. The van der Waals surface area contributed by atoms with E-state index in [-0.39, 0.29) is 0 Å². The fourth-order valence-electron chi connectivity index (χ4n) is 4.71. The molecule has 0 bridgehead atoms. The monoisotopic (exact) mass is 388 g/mol. The van der Waals surface area contributed by atoms with Crippen molar-refractivity contribution < 1.29 is 4.74 Å². The van der Waals surface area contributed by atoms with Crippen LogP contribution < -0.4 is 9.64 Å². The first-order valence-corrected chi connectivity index (χ1v) is 10.6. The minimum Gasteiger partial charge on any atom is -0.462 e. The van der Waals surface area contributed by atoms with E-state index in [1.165, 1.54) is 34.9 Å². The van der Waals surface area contributed by atoms with E-state index in [2.05, 4.69) is 71.2 Å². The van der Waals surface area contributed by atoms with Gasteiger partial charge in [0.2, 0.25) is 0 Å². The predicted molar refractivity (Wildman–Crippen MR) is 117 cm³/mol. The van der Waals surface area contributed by atoms with Gasteiger partial charge in [-0.1, -0.05) is 36.4 Å². The average molecular weight is 389 g/mol. The molecule has 5 heteroatoms. The molecule has 150 valence electrons. The summed E-state index contributed by atoms with van der Waals surface area (Å²) in [6.07, 6.45) is 3.40. The number of hydrogen-bond acceptors (Lipinski definition) is 5. The molecule has 1 unspecified atom stereocenters. The molecule has 1 fully saturated rings. The third-order valence-corrected chi connectivity index (χ3v) is 6.44. The van der Waals surface area contributed by atoms with Crippen LogP contribution in [0.4, 0.5) is 5.69 Å². The van der Waals surface area contributed by atoms with Crippen LogP contribution in [0.25, 0.3) is 10.8 Å². The van der Waals surface area contributed by atoms with Crippen LogP contribution in [-0.4, -0.2) is 47.7 Å². The molecule has 5 rings (SSSR count). The molecule has 3 aromatic rings. The highest BCUT2D eigenvalue weighted by Gasteiger charge is 2.24. The number of fused-ring (bicyclic) bond motifs is 2. The Morgan fingerprint density at radius 2 is 1.93 bits per heavy atom. The normalized spacial score (nSPS) is 19.5. The number of hydrogen-bond donors (Lipinski definition) is 0. The van der Waals surface area contributed by atoms with Crippen LogP contribution in [0.15, 0.2) is 42.5 Å². The second kappa shape index (κ2) is 7.64. The summed E-state index contributed by atoms with van der Waals surface area (Å²) in [6, 6.07) is 16.1. The second-order valence-corrected chi connectivity index (χ2v) is 8.27. The number of aromatic nitrogens is 2. The van der Waals surface area contributed by atoms with Gasteiger partial charge in [-0.2, -0.15) is 4.98 Å². The molecule has 2 aliphatic heterocycles. The molecular weight excluding hydrogens is 360 g/mol. The Hall–Kier alpha value is -2.66. The van der Waals surface area contributed by atoms with Crippen LogP contribution in [0.2, 0.25) is 0 Å². The predicted octanol–water partition coefficient (Wildman–Crippen LogP) is 3.97. The molecule has 0 amide bonds. The number of nitrogens with zero attached hydrogens (tertiary/aromatic N) is 4. The van der Waals surface area contributed by atoms with Crippen molar-refractivity contribution in [3.05, 3.63) is 59.4 Å². The van der Waals surface area contributed by atoms with Gasteiger partial charge in [0.1, 0.15) is 6.61 Å². The van der Waals surface area contributed by atoms with Crippen molar-refractivity contribution in [1.29, 1.82) is 0 Å². The van der Waals surface area contributed by atoms with Crippen molar-refractivity contribution in [2.75, 3.05) is 31.6 Å². The summed E-state index contributed by atoms with van der Waals surface area (Å²) in [5, 5.41) is 2.57. The standard InChI is InChI=1S/C24H28N4O/c1-17-20-12-14-28(23-11-5-8-18-7-3-4-10-21(18)23)15-22(20)26-24(25-17)29-16-19-9-6-13-27(19)2/h3-5,7-8,10-11,19H,6,9,12-16H2,1-2H3. The van der Waals surface area contributed by atoms with E-state index in [0.29, 0.717) is 18.7 Å². The lowest BCUT2D eigenvalue weighted by molar-refractivity contribution is 0.187. The number of ether oxygens (including phenoxy) is 1. The van der Waals surface area contributed by atoms with Crippen molar-refractivity contribution in [2.24, 2.45) is 0 Å². The fourth-order valence-corrected chi connectivity index (χ4v) is 4.71. The Labute approximate surface area is 172 Å². The Morgan fingerprint density at radius 3 is 2.79 bits per heavy atom. The molecule has 29 heavy (non-hydrogen) atoms. The quantitative estimate of drug-likeness (QED) is 0.676. The molecule has 1 aromatic heterocycles. The van der Waals surface area contributed by atoms with Crippen LogP contribution in [0.5, 0.6) is 6.01 Å². The number of rotatable bonds is 4. The van der Waals surface area contributed by atoms with E-state index in [1.807, 2.05) is 0 Å². The Balaban J connectivity index is 1.39. The fraction of sp³-hybridized carbons (Fsp3) is 0.417. The average Bonchev–Trinajstić information content (AvgIpc) is 3.16. The Bertz CT molecular complexity index is 1030. The topological polar surface area (TPSA) is 41.5 Å². The van der Waals surface area contributed by atoms with Gasteiger partial charge in [-0.25, -0.2) is 4.98 Å². The van der Waals surface area contributed by atoms with E-state index in [4.69, 9.17) is 9.72 Å². The molecule has 1 atom stereocenters. The molecular formula is C24H28N4O. The summed E-state index contributed by atoms with van der Waals surface area (Å²) in [4.78, 5) is 14.3. The summed E-state index contributed by atoms with van der Waals surface area (Å²) in [5.74, 6) is 0. The van der Waals surface area contributed by atoms with Gasteiger partial charge in [0.05, 0.1) is 12.2 Å². The molecule has 2 aromatic carbocycles. The third kappa shape index (κ3) is 3.55. The van der Waals surface area contributed by atoms with Gasteiger partial charge >= 0.3 is 6.01 Å². The largest absolute Gasteiger partial charge is 0.462 e.